The molecule has 5 fully saturated rings. The summed E-state index contributed by atoms with van der Waals surface area (Å²) in [6, 6.07) is 8.44. The van der Waals surface area contributed by atoms with Gasteiger partial charge in [-0.05, 0) is 126 Å². The fourth-order valence-corrected chi connectivity index (χ4v) is 9.25. The number of carbonyl (C=O) groups is 4. The Balaban J connectivity index is 0.754. The van der Waals surface area contributed by atoms with Crippen molar-refractivity contribution in [1.29, 1.82) is 0 Å². The van der Waals surface area contributed by atoms with E-state index in [4.69, 9.17) is 4.74 Å². The summed E-state index contributed by atoms with van der Waals surface area (Å²) in [5, 5.41) is 12.1. The van der Waals surface area contributed by atoms with Gasteiger partial charge in [0, 0.05) is 54.5 Å². The van der Waals surface area contributed by atoms with Crippen LogP contribution in [-0.2, 0) is 19.1 Å². The van der Waals surface area contributed by atoms with Crippen LogP contribution in [0.25, 0.3) is 11.3 Å². The molecular weight excluding hydrogens is 749 g/mol. The third kappa shape index (κ3) is 9.22. The predicted octanol–water partition coefficient (Wildman–Crippen LogP) is 5.66. The van der Waals surface area contributed by atoms with Gasteiger partial charge in [-0.1, -0.05) is 6.07 Å². The Labute approximate surface area is 336 Å². The minimum Gasteiger partial charge on any atom is -0.449 e. The van der Waals surface area contributed by atoms with Crippen LogP contribution >= 0.6 is 0 Å². The molecule has 4 amide bonds. The Kier molecular flexibility index (Phi) is 12.1. The zero-order chi connectivity index (χ0) is 40.2. The number of rotatable bonds is 10. The molecule has 5 heterocycles. The van der Waals surface area contributed by atoms with Gasteiger partial charge in [0.15, 0.2) is 5.82 Å². The first-order valence-corrected chi connectivity index (χ1v) is 20.8. The first-order chi connectivity index (χ1) is 28.2. The molecule has 3 aromatic rings. The van der Waals surface area contributed by atoms with Gasteiger partial charge in [-0.3, -0.25) is 24.6 Å². The van der Waals surface area contributed by atoms with Gasteiger partial charge < -0.3 is 25.6 Å². The molecule has 4 N–H and O–H groups in total. The van der Waals surface area contributed by atoms with E-state index < -0.39 is 18.0 Å². The highest BCUT2D eigenvalue weighted by Crippen LogP contribution is 2.36. The van der Waals surface area contributed by atoms with Crippen molar-refractivity contribution in [2.24, 2.45) is 5.92 Å². The highest BCUT2D eigenvalue weighted by Gasteiger charge is 2.34. The van der Waals surface area contributed by atoms with E-state index in [9.17, 15) is 23.6 Å². The number of imide groups is 1. The van der Waals surface area contributed by atoms with Crippen molar-refractivity contribution >= 4 is 41.3 Å². The second kappa shape index (κ2) is 17.7. The van der Waals surface area contributed by atoms with Crippen LogP contribution in [0, 0.1) is 17.6 Å². The lowest BCUT2D eigenvalue weighted by atomic mass is 9.82. The number of anilines is 3. The molecule has 2 aromatic heterocycles. The number of ether oxygens (including phenoxy) is 1. The highest BCUT2D eigenvalue weighted by atomic mass is 19.1. The van der Waals surface area contributed by atoms with Gasteiger partial charge in [0.05, 0.1) is 12.8 Å². The number of aromatic nitrogens is 3. The summed E-state index contributed by atoms with van der Waals surface area (Å²) >= 11 is 0. The number of nitrogens with one attached hydrogen (secondary N) is 4. The maximum atomic E-state index is 15.3. The fourth-order valence-electron chi connectivity index (χ4n) is 9.25. The summed E-state index contributed by atoms with van der Waals surface area (Å²) in [6.45, 7) is 2.62. The molecule has 8 rings (SSSR count). The molecule has 0 radical (unpaired) electrons. The molecule has 3 aliphatic heterocycles. The van der Waals surface area contributed by atoms with Crippen LogP contribution in [-0.4, -0.2) is 94.1 Å². The largest absolute Gasteiger partial charge is 0.449 e. The van der Waals surface area contributed by atoms with E-state index in [2.05, 4.69) is 41.1 Å². The average Bonchev–Trinajstić information content (AvgIpc) is 3.24. The number of benzene rings is 1. The maximum absolute atomic E-state index is 15.3. The van der Waals surface area contributed by atoms with Gasteiger partial charge in [-0.15, -0.1) is 0 Å². The number of hydrogen-bond donors (Lipinski definition) is 4. The van der Waals surface area contributed by atoms with Crippen molar-refractivity contribution in [2.75, 3.05) is 41.8 Å². The number of halogens is 2. The molecule has 1 atom stereocenters. The molecule has 0 spiro atoms. The smallest absolute Gasteiger partial charge is 0.415 e. The normalized spacial score (nSPS) is 26.1. The first kappa shape index (κ1) is 39.6. The molecule has 308 valence electrons. The zero-order valence-electron chi connectivity index (χ0n) is 32.6. The molecule has 5 aliphatic rings. The van der Waals surface area contributed by atoms with Crippen molar-refractivity contribution in [2.45, 2.75) is 114 Å². The van der Waals surface area contributed by atoms with Gasteiger partial charge in [-0.25, -0.2) is 28.5 Å². The van der Waals surface area contributed by atoms with Gasteiger partial charge in [-0.2, -0.15) is 0 Å². The minimum atomic E-state index is -0.576. The highest BCUT2D eigenvalue weighted by molar-refractivity contribution is 6.01. The quantitative estimate of drug-likeness (QED) is 0.187. The van der Waals surface area contributed by atoms with Gasteiger partial charge in [0.25, 0.3) is 0 Å². The SMILES string of the molecule is O=C1CCC(Nc2ccc(C3CCN(C4CCC(C(=O)NC5CCC(Nc6ncc(F)c(-c7ccnc(N8CCCOC8=O)c7)n6)CC5)CC4)CC3)c(F)c2)C(=O)N1. The molecule has 2 aliphatic carbocycles. The second-order valence-corrected chi connectivity index (χ2v) is 16.3. The van der Waals surface area contributed by atoms with Crippen LogP contribution in [0.1, 0.15) is 95.0 Å². The Morgan fingerprint density at radius 2 is 1.60 bits per heavy atom. The lowest BCUT2D eigenvalue weighted by Crippen LogP contribution is -2.47. The van der Waals surface area contributed by atoms with Crippen LogP contribution in [0.4, 0.5) is 31.0 Å². The van der Waals surface area contributed by atoms with Crippen LogP contribution in [0.15, 0.2) is 42.7 Å². The fraction of sp³-hybridized carbons (Fsp3) is 0.548. The summed E-state index contributed by atoms with van der Waals surface area (Å²) < 4.78 is 35.3. The molecular formula is C42H51F2N9O5. The first-order valence-electron chi connectivity index (χ1n) is 20.8. The molecule has 14 nitrogen and oxygen atoms in total. The van der Waals surface area contributed by atoms with E-state index >= 15 is 4.39 Å². The Bertz CT molecular complexity index is 2000. The van der Waals surface area contributed by atoms with E-state index in [1.807, 2.05) is 12.1 Å². The number of piperidine rings is 2. The monoisotopic (exact) mass is 799 g/mol. The lowest BCUT2D eigenvalue weighted by molar-refractivity contribution is -0.133. The molecule has 2 saturated carbocycles. The van der Waals surface area contributed by atoms with E-state index in [0.717, 1.165) is 83.5 Å². The number of nitrogens with zero attached hydrogens (tertiary/aromatic N) is 5. The van der Waals surface area contributed by atoms with Gasteiger partial charge in [0.2, 0.25) is 23.7 Å². The van der Waals surface area contributed by atoms with Crippen molar-refractivity contribution < 1.29 is 32.7 Å². The van der Waals surface area contributed by atoms with Crippen LogP contribution in [0.3, 0.4) is 0 Å². The van der Waals surface area contributed by atoms with Gasteiger partial charge in [0.1, 0.15) is 23.4 Å². The Morgan fingerprint density at radius 3 is 2.34 bits per heavy atom. The number of likely N-dealkylation sites (tertiary alicyclic amines) is 1. The number of pyridine rings is 1. The van der Waals surface area contributed by atoms with E-state index in [-0.39, 0.29) is 59.6 Å². The summed E-state index contributed by atoms with van der Waals surface area (Å²) in [5.41, 5.74) is 1.84. The average molecular weight is 800 g/mol. The maximum Gasteiger partial charge on any atom is 0.415 e. The number of carbonyl (C=O) groups excluding carboxylic acids is 4. The van der Waals surface area contributed by atoms with E-state index in [1.165, 1.54) is 17.2 Å². The van der Waals surface area contributed by atoms with Crippen LogP contribution < -0.4 is 26.2 Å². The standard InChI is InChI=1S/C42H51F2N9O5/c43-33-23-30(47-35-12-13-37(54)50-40(35)56)8-11-32(33)25-15-19-52(20-16-25)31-9-2-26(3-10-31)39(55)48-28-4-6-29(7-5-28)49-41-46-24-34(44)38(51-41)27-14-17-45-36(22-27)53-18-1-21-58-42(53)57/h8,11,14,17,22-26,28-29,31,35,47H,1-7,9-10,12-13,15-16,18-21H2,(H,48,55)(H,46,49,51)(H,50,54,56). The van der Waals surface area contributed by atoms with Crippen molar-refractivity contribution in [3.63, 3.8) is 0 Å². The summed E-state index contributed by atoms with van der Waals surface area (Å²) in [7, 11) is 0. The molecule has 16 heteroatoms. The Hall–Kier alpha value is -5.25. The third-order valence-electron chi connectivity index (χ3n) is 12.6. The van der Waals surface area contributed by atoms with Crippen molar-refractivity contribution in [3.05, 3.63) is 59.9 Å². The van der Waals surface area contributed by atoms with Crippen molar-refractivity contribution in [3.8, 4) is 11.3 Å². The van der Waals surface area contributed by atoms with Gasteiger partial charge >= 0.3 is 6.09 Å². The summed E-state index contributed by atoms with van der Waals surface area (Å²) in [5.74, 6) is -0.539. The van der Waals surface area contributed by atoms with E-state index in [1.54, 1.807) is 12.1 Å². The molecule has 3 saturated heterocycles. The Morgan fingerprint density at radius 1 is 0.828 bits per heavy atom. The molecule has 58 heavy (non-hydrogen) atoms. The van der Waals surface area contributed by atoms with E-state index in [0.29, 0.717) is 60.6 Å². The topological polar surface area (TPSA) is 171 Å². The molecule has 1 aromatic carbocycles. The lowest BCUT2D eigenvalue weighted by Gasteiger charge is -2.41. The summed E-state index contributed by atoms with van der Waals surface area (Å²) in [6.07, 6.45) is 12.2. The second-order valence-electron chi connectivity index (χ2n) is 16.3. The van der Waals surface area contributed by atoms with Crippen LogP contribution in [0.5, 0.6) is 0 Å². The summed E-state index contributed by atoms with van der Waals surface area (Å²) in [4.78, 5) is 66.0. The number of hydrogen-bond acceptors (Lipinski definition) is 11. The van der Waals surface area contributed by atoms with Crippen molar-refractivity contribution in [1.82, 2.24) is 30.5 Å². The number of amides is 4. The predicted molar refractivity (Wildman–Crippen MR) is 212 cm³/mol. The minimum absolute atomic E-state index is 0.00586. The third-order valence-corrected chi connectivity index (χ3v) is 12.6. The number of cyclic esters (lactones) is 1. The van der Waals surface area contributed by atoms with Crippen LogP contribution in [0.2, 0.25) is 0 Å². The molecule has 0 bridgehead atoms. The molecule has 1 unspecified atom stereocenters. The zero-order valence-corrected chi connectivity index (χ0v) is 32.6.